The third kappa shape index (κ3) is 2.23. The molecule has 10 heteroatoms. The van der Waals surface area contributed by atoms with E-state index in [0.29, 0.717) is 24.3 Å². The van der Waals surface area contributed by atoms with E-state index in [-0.39, 0.29) is 37.0 Å². The Hall–Kier alpha value is -2.65. The zero-order valence-electron chi connectivity index (χ0n) is 15.1. The van der Waals surface area contributed by atoms with Crippen molar-refractivity contribution in [3.05, 3.63) is 24.2 Å². The quantitative estimate of drug-likeness (QED) is 0.830. The summed E-state index contributed by atoms with van der Waals surface area (Å²) in [6.07, 6.45) is -1.88. The Morgan fingerprint density at radius 2 is 2.00 bits per heavy atom. The Morgan fingerprint density at radius 1 is 1.25 bits per heavy atom. The van der Waals surface area contributed by atoms with Crippen molar-refractivity contribution in [3.63, 3.8) is 0 Å². The number of amides is 1. The van der Waals surface area contributed by atoms with Gasteiger partial charge in [0, 0.05) is 18.3 Å². The fourth-order valence-electron chi connectivity index (χ4n) is 4.66. The van der Waals surface area contributed by atoms with Gasteiger partial charge in [-0.3, -0.25) is 4.79 Å². The third-order valence-corrected chi connectivity index (χ3v) is 6.35. The van der Waals surface area contributed by atoms with Crippen molar-refractivity contribution in [2.45, 2.75) is 49.7 Å². The molecule has 0 spiro atoms. The second kappa shape index (κ2) is 5.24. The van der Waals surface area contributed by atoms with Gasteiger partial charge in [0.1, 0.15) is 5.41 Å². The van der Waals surface area contributed by atoms with Crippen LogP contribution in [0.2, 0.25) is 0 Å². The summed E-state index contributed by atoms with van der Waals surface area (Å²) < 4.78 is 45.0. The maximum absolute atomic E-state index is 13.1. The lowest BCUT2D eigenvalue weighted by atomic mass is 9.39. The highest BCUT2D eigenvalue weighted by Gasteiger charge is 2.78. The molecule has 3 saturated carbocycles. The van der Waals surface area contributed by atoms with Crippen LogP contribution in [0.1, 0.15) is 38.5 Å². The average molecular weight is 393 g/mol. The number of carbonyl (C=O) groups is 1. The normalized spacial score (nSPS) is 33.8. The summed E-state index contributed by atoms with van der Waals surface area (Å²) in [5, 5.41) is 14.0. The molecule has 3 heterocycles. The summed E-state index contributed by atoms with van der Waals surface area (Å²) >= 11 is 0. The maximum Gasteiger partial charge on any atom is 0.394 e. The molecule has 2 N–H and O–H groups in total. The minimum atomic E-state index is -4.16. The van der Waals surface area contributed by atoms with E-state index in [0.717, 1.165) is 0 Å². The summed E-state index contributed by atoms with van der Waals surface area (Å²) in [5.41, 5.74) is -2.07. The summed E-state index contributed by atoms with van der Waals surface area (Å²) in [4.78, 5) is 16.4. The van der Waals surface area contributed by atoms with Crippen molar-refractivity contribution in [2.75, 3.05) is 11.9 Å². The molecule has 28 heavy (non-hydrogen) atoms. The highest BCUT2D eigenvalue weighted by Crippen LogP contribution is 2.74. The Kier molecular flexibility index (Phi) is 3.26. The van der Waals surface area contributed by atoms with E-state index in [1.165, 1.54) is 0 Å². The standard InChI is InChI=1S/C18H18F3N5O2/c1-15(4-6-23-13(15)27)14-26-25-12(28-14)11-10(3-2-5-22-11)24-17-7-16(8-17,9-17)18(19,20)21/h2-3,5,24H,4,6-9H2,1H3,(H,23,27). The molecule has 1 aliphatic heterocycles. The molecule has 0 aromatic carbocycles. The van der Waals surface area contributed by atoms with Crippen molar-refractivity contribution in [3.8, 4) is 11.6 Å². The van der Waals surface area contributed by atoms with Gasteiger partial charge in [0.05, 0.1) is 11.1 Å². The van der Waals surface area contributed by atoms with E-state index in [2.05, 4.69) is 25.8 Å². The van der Waals surface area contributed by atoms with Gasteiger partial charge in [0.25, 0.3) is 5.89 Å². The summed E-state index contributed by atoms with van der Waals surface area (Å²) in [7, 11) is 0. The van der Waals surface area contributed by atoms with E-state index in [9.17, 15) is 18.0 Å². The summed E-state index contributed by atoms with van der Waals surface area (Å²) in [5.74, 6) is 0.167. The van der Waals surface area contributed by atoms with E-state index < -0.39 is 22.5 Å². The average Bonchev–Trinajstić information content (AvgIpc) is 3.17. The molecular formula is C18H18F3N5O2. The maximum atomic E-state index is 13.1. The van der Waals surface area contributed by atoms with Gasteiger partial charge in [0.2, 0.25) is 11.8 Å². The number of hydrogen-bond donors (Lipinski definition) is 2. The van der Waals surface area contributed by atoms with Gasteiger partial charge < -0.3 is 15.1 Å². The van der Waals surface area contributed by atoms with E-state index in [1.807, 2.05) is 0 Å². The zero-order valence-corrected chi connectivity index (χ0v) is 15.1. The van der Waals surface area contributed by atoms with Crippen LogP contribution in [0.25, 0.3) is 11.6 Å². The molecule has 2 aromatic heterocycles. The van der Waals surface area contributed by atoms with Crippen LogP contribution in [-0.2, 0) is 10.2 Å². The summed E-state index contributed by atoms with van der Waals surface area (Å²) in [6, 6.07) is 3.43. The molecule has 1 saturated heterocycles. The summed E-state index contributed by atoms with van der Waals surface area (Å²) in [6.45, 7) is 2.27. The number of halogens is 3. The first kappa shape index (κ1) is 17.4. The lowest BCUT2D eigenvalue weighted by Gasteiger charge is -2.70. The predicted molar refractivity (Wildman–Crippen MR) is 91.2 cm³/mol. The lowest BCUT2D eigenvalue weighted by Crippen LogP contribution is -2.75. The van der Waals surface area contributed by atoms with Crippen molar-refractivity contribution in [1.29, 1.82) is 0 Å². The minimum absolute atomic E-state index is 0.0607. The number of anilines is 1. The van der Waals surface area contributed by atoms with Crippen molar-refractivity contribution < 1.29 is 22.4 Å². The Morgan fingerprint density at radius 3 is 2.64 bits per heavy atom. The molecule has 1 unspecified atom stereocenters. The number of carbonyl (C=O) groups excluding carboxylic acids is 1. The van der Waals surface area contributed by atoms with Crippen LogP contribution in [0.5, 0.6) is 0 Å². The van der Waals surface area contributed by atoms with Gasteiger partial charge >= 0.3 is 6.18 Å². The lowest BCUT2D eigenvalue weighted by molar-refractivity contribution is -0.326. The number of nitrogens with one attached hydrogen (secondary N) is 2. The van der Waals surface area contributed by atoms with Crippen molar-refractivity contribution >= 4 is 11.6 Å². The second-order valence-corrected chi connectivity index (χ2v) is 8.36. The number of pyridine rings is 1. The Bertz CT molecular complexity index is 952. The van der Waals surface area contributed by atoms with Crippen molar-refractivity contribution in [2.24, 2.45) is 5.41 Å². The number of alkyl halides is 3. The molecule has 4 aliphatic rings. The van der Waals surface area contributed by atoms with Crippen LogP contribution < -0.4 is 10.6 Å². The van der Waals surface area contributed by atoms with Crippen LogP contribution in [0.3, 0.4) is 0 Å². The van der Waals surface area contributed by atoms with Gasteiger partial charge in [-0.15, -0.1) is 10.2 Å². The molecular weight excluding hydrogens is 375 g/mol. The second-order valence-electron chi connectivity index (χ2n) is 8.36. The van der Waals surface area contributed by atoms with Crippen LogP contribution in [0.4, 0.5) is 18.9 Å². The van der Waals surface area contributed by atoms with Crippen LogP contribution >= 0.6 is 0 Å². The van der Waals surface area contributed by atoms with Gasteiger partial charge in [-0.2, -0.15) is 13.2 Å². The molecule has 1 atom stereocenters. The van der Waals surface area contributed by atoms with Gasteiger partial charge in [-0.1, -0.05) is 0 Å². The SMILES string of the molecule is CC1(c2nnc(-c3ncccc3NC34CC(C(F)(F)F)(C3)C4)o2)CCNC1=O. The molecule has 0 radical (unpaired) electrons. The molecule has 2 bridgehead atoms. The third-order valence-electron chi connectivity index (χ3n) is 6.35. The number of nitrogens with zero attached hydrogens (tertiary/aromatic N) is 3. The van der Waals surface area contributed by atoms with E-state index in [4.69, 9.17) is 4.42 Å². The molecule has 7 nitrogen and oxygen atoms in total. The monoisotopic (exact) mass is 393 g/mol. The number of hydrogen-bond acceptors (Lipinski definition) is 6. The molecule has 1 amide bonds. The molecule has 148 valence electrons. The van der Waals surface area contributed by atoms with E-state index in [1.54, 1.807) is 25.3 Å². The fourth-order valence-corrected chi connectivity index (χ4v) is 4.66. The Balaban J connectivity index is 1.40. The van der Waals surface area contributed by atoms with Gasteiger partial charge in [0.15, 0.2) is 5.69 Å². The predicted octanol–water partition coefficient (Wildman–Crippen LogP) is 2.81. The highest BCUT2D eigenvalue weighted by atomic mass is 19.4. The number of aromatic nitrogens is 3. The molecule has 6 rings (SSSR count). The van der Waals surface area contributed by atoms with Gasteiger partial charge in [-0.05, 0) is 44.7 Å². The highest BCUT2D eigenvalue weighted by molar-refractivity contribution is 5.88. The zero-order chi connectivity index (χ0) is 19.8. The first-order chi connectivity index (χ1) is 13.2. The van der Waals surface area contributed by atoms with Crippen LogP contribution in [0, 0.1) is 5.41 Å². The van der Waals surface area contributed by atoms with Crippen molar-refractivity contribution in [1.82, 2.24) is 20.5 Å². The number of rotatable bonds is 4. The Labute approximate surface area is 158 Å². The van der Waals surface area contributed by atoms with E-state index >= 15 is 0 Å². The first-order valence-corrected chi connectivity index (χ1v) is 9.09. The topological polar surface area (TPSA) is 92.9 Å². The van der Waals surface area contributed by atoms with Crippen LogP contribution in [-0.4, -0.2) is 39.3 Å². The molecule has 2 aromatic rings. The smallest absolute Gasteiger partial charge is 0.394 e. The molecule has 4 fully saturated rings. The largest absolute Gasteiger partial charge is 0.418 e. The first-order valence-electron chi connectivity index (χ1n) is 9.09. The fraction of sp³-hybridized carbons (Fsp3) is 0.556. The molecule has 3 aliphatic carbocycles. The van der Waals surface area contributed by atoms with Crippen LogP contribution in [0.15, 0.2) is 22.7 Å². The van der Waals surface area contributed by atoms with Gasteiger partial charge in [-0.25, -0.2) is 4.98 Å². The minimum Gasteiger partial charge on any atom is -0.418 e.